The van der Waals surface area contributed by atoms with Crippen LogP contribution < -0.4 is 5.32 Å². The molecular weight excluding hydrogens is 367 g/mol. The fourth-order valence-electron chi connectivity index (χ4n) is 1.73. The number of benzene rings is 2. The molecule has 0 aliphatic carbocycles. The highest BCUT2D eigenvalue weighted by molar-refractivity contribution is 9.10. The second kappa shape index (κ2) is 7.51. The number of halogens is 2. The van der Waals surface area contributed by atoms with E-state index in [-0.39, 0.29) is 5.56 Å². The Balaban J connectivity index is 1.95. The van der Waals surface area contributed by atoms with Gasteiger partial charge in [-0.25, -0.2) is 9.18 Å². The van der Waals surface area contributed by atoms with E-state index in [9.17, 15) is 14.0 Å². The third-order valence-corrected chi connectivity index (χ3v) is 3.25. The van der Waals surface area contributed by atoms with Gasteiger partial charge in [0.25, 0.3) is 5.91 Å². The molecule has 23 heavy (non-hydrogen) atoms. The largest absolute Gasteiger partial charge is 0.452 e. The normalized spacial score (nSPS) is 9.78. The quantitative estimate of drug-likeness (QED) is 0.830. The standard InChI is InChI=1S/C16H10BrFN2O3/c17-11-4-5-14(18)13(7-11)16(22)23-9-15(21)20-12-3-1-2-10(6-12)8-19/h1-7H,9H2,(H,20,21). The number of ether oxygens (including phenoxy) is 1. The molecule has 0 heterocycles. The fraction of sp³-hybridized carbons (Fsp3) is 0.0625. The van der Waals surface area contributed by atoms with Crippen molar-refractivity contribution in [1.82, 2.24) is 0 Å². The summed E-state index contributed by atoms with van der Waals surface area (Å²) < 4.78 is 18.8. The van der Waals surface area contributed by atoms with E-state index in [0.29, 0.717) is 15.7 Å². The molecule has 2 aromatic carbocycles. The Labute approximate surface area is 139 Å². The minimum Gasteiger partial charge on any atom is -0.452 e. The molecule has 0 aliphatic heterocycles. The van der Waals surface area contributed by atoms with Crippen LogP contribution in [0.2, 0.25) is 0 Å². The molecule has 0 radical (unpaired) electrons. The number of nitrogens with zero attached hydrogens (tertiary/aromatic N) is 1. The van der Waals surface area contributed by atoms with Gasteiger partial charge in [0.1, 0.15) is 5.82 Å². The van der Waals surface area contributed by atoms with Gasteiger partial charge in [-0.3, -0.25) is 4.79 Å². The summed E-state index contributed by atoms with van der Waals surface area (Å²) in [5.41, 5.74) is 0.522. The molecule has 0 saturated heterocycles. The zero-order valence-corrected chi connectivity index (χ0v) is 13.3. The van der Waals surface area contributed by atoms with E-state index >= 15 is 0 Å². The molecule has 2 aromatic rings. The molecule has 0 saturated carbocycles. The summed E-state index contributed by atoms with van der Waals surface area (Å²) in [6, 6.07) is 12.0. The van der Waals surface area contributed by atoms with Gasteiger partial charge in [0.2, 0.25) is 0 Å². The van der Waals surface area contributed by atoms with Crippen LogP contribution in [0.5, 0.6) is 0 Å². The van der Waals surface area contributed by atoms with Crippen molar-refractivity contribution in [2.75, 3.05) is 11.9 Å². The molecule has 1 amide bonds. The molecule has 0 bridgehead atoms. The number of esters is 1. The monoisotopic (exact) mass is 376 g/mol. The van der Waals surface area contributed by atoms with Crippen molar-refractivity contribution in [3.8, 4) is 6.07 Å². The fourth-order valence-corrected chi connectivity index (χ4v) is 2.09. The predicted molar refractivity (Wildman–Crippen MR) is 84.2 cm³/mol. The van der Waals surface area contributed by atoms with Crippen LogP contribution in [0.15, 0.2) is 46.9 Å². The highest BCUT2D eigenvalue weighted by Crippen LogP contribution is 2.16. The van der Waals surface area contributed by atoms with Crippen molar-refractivity contribution in [1.29, 1.82) is 5.26 Å². The number of carbonyl (C=O) groups is 2. The van der Waals surface area contributed by atoms with Crippen molar-refractivity contribution in [3.63, 3.8) is 0 Å². The van der Waals surface area contributed by atoms with Gasteiger partial charge >= 0.3 is 5.97 Å². The highest BCUT2D eigenvalue weighted by Gasteiger charge is 2.15. The van der Waals surface area contributed by atoms with Crippen molar-refractivity contribution in [3.05, 3.63) is 63.9 Å². The minimum atomic E-state index is -0.940. The smallest absolute Gasteiger partial charge is 0.341 e. The molecule has 116 valence electrons. The van der Waals surface area contributed by atoms with Crippen molar-refractivity contribution in [2.24, 2.45) is 0 Å². The Kier molecular flexibility index (Phi) is 5.44. The first-order chi connectivity index (χ1) is 11.0. The van der Waals surface area contributed by atoms with E-state index in [1.165, 1.54) is 18.2 Å². The number of hydrogen-bond acceptors (Lipinski definition) is 4. The summed E-state index contributed by atoms with van der Waals surface area (Å²) in [6.45, 7) is -0.568. The zero-order chi connectivity index (χ0) is 16.8. The van der Waals surface area contributed by atoms with Crippen LogP contribution in [0.4, 0.5) is 10.1 Å². The van der Waals surface area contributed by atoms with Gasteiger partial charge < -0.3 is 10.1 Å². The topological polar surface area (TPSA) is 79.2 Å². The second-order valence-corrected chi connectivity index (χ2v) is 5.36. The van der Waals surface area contributed by atoms with Crippen LogP contribution in [0, 0.1) is 17.1 Å². The van der Waals surface area contributed by atoms with E-state index < -0.39 is 24.3 Å². The maximum atomic E-state index is 13.5. The molecular formula is C16H10BrFN2O3. The SMILES string of the molecule is N#Cc1cccc(NC(=O)COC(=O)c2cc(Br)ccc2F)c1. The van der Waals surface area contributed by atoms with Gasteiger partial charge in [-0.1, -0.05) is 22.0 Å². The van der Waals surface area contributed by atoms with Crippen LogP contribution in [0.3, 0.4) is 0 Å². The van der Waals surface area contributed by atoms with Crippen molar-refractivity contribution < 1.29 is 18.7 Å². The average molecular weight is 377 g/mol. The molecule has 1 N–H and O–H groups in total. The summed E-state index contributed by atoms with van der Waals surface area (Å²) in [7, 11) is 0. The Hall–Kier alpha value is -2.72. The maximum Gasteiger partial charge on any atom is 0.341 e. The number of anilines is 1. The van der Waals surface area contributed by atoms with Crippen LogP contribution in [0.1, 0.15) is 15.9 Å². The first kappa shape index (κ1) is 16.6. The summed E-state index contributed by atoms with van der Waals surface area (Å²) in [6.07, 6.45) is 0. The maximum absolute atomic E-state index is 13.5. The minimum absolute atomic E-state index is 0.265. The first-order valence-electron chi connectivity index (χ1n) is 6.42. The lowest BCUT2D eigenvalue weighted by Crippen LogP contribution is -2.21. The molecule has 2 rings (SSSR count). The molecule has 0 fully saturated rings. The van der Waals surface area contributed by atoms with Crippen LogP contribution in [0.25, 0.3) is 0 Å². The van der Waals surface area contributed by atoms with Crippen LogP contribution >= 0.6 is 15.9 Å². The number of rotatable bonds is 4. The Morgan fingerprint density at radius 2 is 2.04 bits per heavy atom. The lowest BCUT2D eigenvalue weighted by atomic mass is 10.2. The predicted octanol–water partition coefficient (Wildman–Crippen LogP) is 3.26. The molecule has 0 atom stereocenters. The van der Waals surface area contributed by atoms with E-state index in [1.807, 2.05) is 6.07 Å². The summed E-state index contributed by atoms with van der Waals surface area (Å²) in [5.74, 6) is -2.27. The van der Waals surface area contributed by atoms with E-state index in [0.717, 1.165) is 6.07 Å². The van der Waals surface area contributed by atoms with Crippen molar-refractivity contribution in [2.45, 2.75) is 0 Å². The highest BCUT2D eigenvalue weighted by atomic mass is 79.9. The molecule has 0 aliphatic rings. The van der Waals surface area contributed by atoms with Gasteiger partial charge in [-0.05, 0) is 36.4 Å². The van der Waals surface area contributed by atoms with E-state index in [2.05, 4.69) is 21.2 Å². The Bertz CT molecular complexity index is 802. The van der Waals surface area contributed by atoms with Crippen LogP contribution in [-0.4, -0.2) is 18.5 Å². The Morgan fingerprint density at radius 1 is 1.26 bits per heavy atom. The third-order valence-electron chi connectivity index (χ3n) is 2.76. The van der Waals surface area contributed by atoms with Gasteiger partial charge in [0, 0.05) is 10.2 Å². The summed E-state index contributed by atoms with van der Waals surface area (Å²) in [4.78, 5) is 23.5. The molecule has 5 nitrogen and oxygen atoms in total. The molecule has 7 heteroatoms. The summed E-state index contributed by atoms with van der Waals surface area (Å²) >= 11 is 3.12. The van der Waals surface area contributed by atoms with Gasteiger partial charge in [-0.2, -0.15) is 5.26 Å². The lowest BCUT2D eigenvalue weighted by molar-refractivity contribution is -0.119. The van der Waals surface area contributed by atoms with E-state index in [4.69, 9.17) is 10.00 Å². The van der Waals surface area contributed by atoms with Crippen molar-refractivity contribution >= 4 is 33.5 Å². The van der Waals surface area contributed by atoms with Gasteiger partial charge in [0.15, 0.2) is 6.61 Å². The average Bonchev–Trinajstić information content (AvgIpc) is 2.55. The number of nitriles is 1. The molecule has 0 unspecified atom stereocenters. The second-order valence-electron chi connectivity index (χ2n) is 4.44. The van der Waals surface area contributed by atoms with Crippen LogP contribution in [-0.2, 0) is 9.53 Å². The molecule has 0 aromatic heterocycles. The van der Waals surface area contributed by atoms with E-state index in [1.54, 1.807) is 18.2 Å². The lowest BCUT2D eigenvalue weighted by Gasteiger charge is -2.07. The number of hydrogen-bond donors (Lipinski definition) is 1. The summed E-state index contributed by atoms with van der Waals surface area (Å²) in [5, 5.41) is 11.3. The number of amides is 1. The number of carbonyl (C=O) groups excluding carboxylic acids is 2. The van der Waals surface area contributed by atoms with Gasteiger partial charge in [0.05, 0.1) is 17.2 Å². The third kappa shape index (κ3) is 4.63. The number of nitrogens with one attached hydrogen (secondary N) is 1. The first-order valence-corrected chi connectivity index (χ1v) is 7.21. The molecule has 0 spiro atoms. The Morgan fingerprint density at radius 3 is 2.78 bits per heavy atom. The zero-order valence-electron chi connectivity index (χ0n) is 11.7. The van der Waals surface area contributed by atoms with Gasteiger partial charge in [-0.15, -0.1) is 0 Å².